The molecule has 3 rings (SSSR count). The number of nitrogens with zero attached hydrogens (tertiary/aromatic N) is 3. The van der Waals surface area contributed by atoms with Crippen molar-refractivity contribution in [3.05, 3.63) is 76.2 Å². The molecular formula is C24H30N4O2. The average Bonchev–Trinajstić information content (AvgIpc) is 2.72. The molecule has 2 atom stereocenters. The Morgan fingerprint density at radius 2 is 2.03 bits per heavy atom. The van der Waals surface area contributed by atoms with Gasteiger partial charge < -0.3 is 15.0 Å². The van der Waals surface area contributed by atoms with Gasteiger partial charge in [-0.1, -0.05) is 42.4 Å². The van der Waals surface area contributed by atoms with Gasteiger partial charge in [-0.2, -0.15) is 4.98 Å². The lowest BCUT2D eigenvalue weighted by Gasteiger charge is -2.23. The summed E-state index contributed by atoms with van der Waals surface area (Å²) in [6.45, 7) is 9.67. The number of aryl methyl sites for hydroxylation is 1. The zero-order chi connectivity index (χ0) is 21.7. The van der Waals surface area contributed by atoms with Crippen LogP contribution in [0, 0.1) is 18.8 Å². The van der Waals surface area contributed by atoms with Crippen LogP contribution in [0.5, 0.6) is 5.88 Å². The molecule has 6 nitrogen and oxygen atoms in total. The van der Waals surface area contributed by atoms with Gasteiger partial charge in [-0.3, -0.25) is 4.79 Å². The number of hydrogen-bond acceptors (Lipinski definition) is 5. The van der Waals surface area contributed by atoms with E-state index in [1.807, 2.05) is 13.0 Å². The number of allylic oxidation sites excluding steroid dienone is 5. The molecule has 2 aromatic rings. The summed E-state index contributed by atoms with van der Waals surface area (Å²) in [7, 11) is 0. The fourth-order valence-electron chi connectivity index (χ4n) is 3.38. The standard InChI is InChI=1S/C24H30N4O2/c1-16-5-7-17(2)18(3)21(8-6-16)15-30-24-22(14-26-19(4)27-24)20-9-11-28(12-10-25)23(29)13-20/h5-9,11,13-14,18,21H,10,12,15,25H2,1-4H3/b8-6-,16-5-,17-7+/t18-,21?/m1/s1. The van der Waals surface area contributed by atoms with E-state index in [1.165, 1.54) is 11.1 Å². The van der Waals surface area contributed by atoms with E-state index >= 15 is 0 Å². The second-order valence-corrected chi connectivity index (χ2v) is 7.82. The molecule has 1 unspecified atom stereocenters. The van der Waals surface area contributed by atoms with E-state index in [-0.39, 0.29) is 11.5 Å². The highest BCUT2D eigenvalue weighted by atomic mass is 16.5. The van der Waals surface area contributed by atoms with Crippen molar-refractivity contribution in [1.29, 1.82) is 0 Å². The molecule has 0 radical (unpaired) electrons. The quantitative estimate of drug-likeness (QED) is 0.791. The summed E-state index contributed by atoms with van der Waals surface area (Å²) in [6, 6.07) is 3.45. The summed E-state index contributed by atoms with van der Waals surface area (Å²) in [4.78, 5) is 21.2. The van der Waals surface area contributed by atoms with Gasteiger partial charge in [0.15, 0.2) is 0 Å². The van der Waals surface area contributed by atoms with Crippen molar-refractivity contribution in [2.75, 3.05) is 13.2 Å². The van der Waals surface area contributed by atoms with E-state index in [4.69, 9.17) is 10.5 Å². The maximum atomic E-state index is 12.4. The highest BCUT2D eigenvalue weighted by Gasteiger charge is 2.20. The topological polar surface area (TPSA) is 83.0 Å². The van der Waals surface area contributed by atoms with Gasteiger partial charge in [0.05, 0.1) is 12.2 Å². The van der Waals surface area contributed by atoms with Crippen molar-refractivity contribution in [3.63, 3.8) is 0 Å². The third kappa shape index (κ3) is 5.13. The van der Waals surface area contributed by atoms with E-state index in [0.717, 1.165) is 5.56 Å². The molecule has 1 aliphatic rings. The molecule has 30 heavy (non-hydrogen) atoms. The predicted molar refractivity (Wildman–Crippen MR) is 120 cm³/mol. The lowest BCUT2D eigenvalue weighted by molar-refractivity contribution is 0.240. The molecule has 158 valence electrons. The van der Waals surface area contributed by atoms with Crippen LogP contribution in [0.25, 0.3) is 11.1 Å². The van der Waals surface area contributed by atoms with Gasteiger partial charge in [0.1, 0.15) is 5.82 Å². The van der Waals surface area contributed by atoms with Gasteiger partial charge in [0.25, 0.3) is 5.56 Å². The Bertz CT molecular complexity index is 1050. The van der Waals surface area contributed by atoms with Crippen LogP contribution in [-0.4, -0.2) is 27.7 Å². The summed E-state index contributed by atoms with van der Waals surface area (Å²) in [5, 5.41) is 0. The molecule has 0 bridgehead atoms. The Morgan fingerprint density at radius 3 is 2.77 bits per heavy atom. The van der Waals surface area contributed by atoms with E-state index in [1.54, 1.807) is 23.0 Å². The highest BCUT2D eigenvalue weighted by Crippen LogP contribution is 2.29. The number of pyridine rings is 1. The third-order valence-electron chi connectivity index (χ3n) is 5.54. The van der Waals surface area contributed by atoms with Crippen molar-refractivity contribution in [2.45, 2.75) is 34.2 Å². The second-order valence-electron chi connectivity index (χ2n) is 7.82. The van der Waals surface area contributed by atoms with Crippen LogP contribution in [-0.2, 0) is 6.54 Å². The fraction of sp³-hybridized carbons (Fsp3) is 0.375. The largest absolute Gasteiger partial charge is 0.476 e. The van der Waals surface area contributed by atoms with Crippen LogP contribution in [0.2, 0.25) is 0 Å². The van der Waals surface area contributed by atoms with Gasteiger partial charge in [-0.05, 0) is 38.3 Å². The van der Waals surface area contributed by atoms with E-state index in [9.17, 15) is 4.79 Å². The third-order valence-corrected chi connectivity index (χ3v) is 5.54. The lowest BCUT2D eigenvalue weighted by atomic mass is 9.86. The van der Waals surface area contributed by atoms with Crippen molar-refractivity contribution in [1.82, 2.24) is 14.5 Å². The summed E-state index contributed by atoms with van der Waals surface area (Å²) >= 11 is 0. The molecule has 2 heterocycles. The van der Waals surface area contributed by atoms with Crippen LogP contribution in [0.15, 0.2) is 64.8 Å². The zero-order valence-corrected chi connectivity index (χ0v) is 18.1. The molecule has 0 saturated carbocycles. The molecule has 0 spiro atoms. The van der Waals surface area contributed by atoms with E-state index in [2.05, 4.69) is 55.0 Å². The Morgan fingerprint density at radius 1 is 1.23 bits per heavy atom. The first-order chi connectivity index (χ1) is 14.4. The minimum Gasteiger partial charge on any atom is -0.476 e. The molecule has 6 heteroatoms. The summed E-state index contributed by atoms with van der Waals surface area (Å²) in [5.41, 5.74) is 9.43. The summed E-state index contributed by atoms with van der Waals surface area (Å²) in [5.74, 6) is 1.68. The number of hydrogen-bond donors (Lipinski definition) is 1. The second kappa shape index (κ2) is 9.67. The number of nitrogens with two attached hydrogens (primary N) is 1. The minimum atomic E-state index is -0.107. The normalized spacial score (nSPS) is 23.5. The van der Waals surface area contributed by atoms with Crippen molar-refractivity contribution in [3.8, 4) is 17.0 Å². The molecule has 0 aromatic carbocycles. The highest BCUT2D eigenvalue weighted by molar-refractivity contribution is 5.67. The van der Waals surface area contributed by atoms with Crippen LogP contribution < -0.4 is 16.0 Å². The minimum absolute atomic E-state index is 0.107. The summed E-state index contributed by atoms with van der Waals surface area (Å²) < 4.78 is 7.79. The first kappa shape index (κ1) is 21.7. The predicted octanol–water partition coefficient (Wildman–Crippen LogP) is 3.67. The van der Waals surface area contributed by atoms with Crippen molar-refractivity contribution < 1.29 is 4.74 Å². The fourth-order valence-corrected chi connectivity index (χ4v) is 3.38. The summed E-state index contributed by atoms with van der Waals surface area (Å²) in [6.07, 6.45) is 12.1. The number of ether oxygens (including phenoxy) is 1. The molecule has 0 aliphatic heterocycles. The Hall–Kier alpha value is -2.99. The SMILES string of the molecule is CC1=C/C=C(\C)[C@@H](C)C(COc2nc(C)ncc2-c2ccn(CCN)c(=O)c2)/C=C\1. The van der Waals surface area contributed by atoms with Gasteiger partial charge in [-0.25, -0.2) is 4.98 Å². The monoisotopic (exact) mass is 406 g/mol. The smallest absolute Gasteiger partial charge is 0.251 e. The lowest BCUT2D eigenvalue weighted by Crippen LogP contribution is -2.23. The molecule has 0 fully saturated rings. The number of aromatic nitrogens is 3. The first-order valence-corrected chi connectivity index (χ1v) is 10.3. The molecule has 0 saturated heterocycles. The Kier molecular flexibility index (Phi) is 7.00. The van der Waals surface area contributed by atoms with Crippen LogP contribution in [0.1, 0.15) is 26.6 Å². The first-order valence-electron chi connectivity index (χ1n) is 10.3. The maximum Gasteiger partial charge on any atom is 0.251 e. The van der Waals surface area contributed by atoms with Gasteiger partial charge in [-0.15, -0.1) is 0 Å². The van der Waals surface area contributed by atoms with Crippen LogP contribution in [0.4, 0.5) is 0 Å². The van der Waals surface area contributed by atoms with Gasteiger partial charge in [0.2, 0.25) is 5.88 Å². The maximum absolute atomic E-state index is 12.4. The van der Waals surface area contributed by atoms with Gasteiger partial charge >= 0.3 is 0 Å². The van der Waals surface area contributed by atoms with E-state index in [0.29, 0.717) is 42.9 Å². The Labute approximate surface area is 177 Å². The van der Waals surface area contributed by atoms with Crippen molar-refractivity contribution in [2.24, 2.45) is 17.6 Å². The molecule has 2 N–H and O–H groups in total. The zero-order valence-electron chi connectivity index (χ0n) is 18.1. The van der Waals surface area contributed by atoms with Crippen LogP contribution in [0.3, 0.4) is 0 Å². The van der Waals surface area contributed by atoms with Gasteiger partial charge in [0, 0.05) is 37.5 Å². The number of rotatable bonds is 6. The van der Waals surface area contributed by atoms with E-state index < -0.39 is 0 Å². The van der Waals surface area contributed by atoms with Crippen molar-refractivity contribution >= 4 is 0 Å². The molecule has 2 aromatic heterocycles. The molecule has 0 amide bonds. The molecular weight excluding hydrogens is 376 g/mol. The molecule has 1 aliphatic carbocycles. The average molecular weight is 407 g/mol. The van der Waals surface area contributed by atoms with Crippen LogP contribution >= 0.6 is 0 Å². The Balaban J connectivity index is 1.88.